The first kappa shape index (κ1) is 16.2. The van der Waals surface area contributed by atoms with E-state index in [0.29, 0.717) is 19.8 Å². The van der Waals surface area contributed by atoms with Crippen LogP contribution in [0, 0.1) is 0 Å². The van der Waals surface area contributed by atoms with Crippen LogP contribution >= 0.6 is 0 Å². The van der Waals surface area contributed by atoms with E-state index in [1.54, 1.807) is 0 Å². The molecule has 0 unspecified atom stereocenters. The zero-order valence-electron chi connectivity index (χ0n) is 13.5. The Kier molecular flexibility index (Phi) is 5.26. The number of rotatable bonds is 6. The first-order valence-corrected chi connectivity index (χ1v) is 8.04. The molecule has 3 heteroatoms. The van der Waals surface area contributed by atoms with Crippen molar-refractivity contribution in [2.75, 3.05) is 13.2 Å². The first-order valence-electron chi connectivity index (χ1n) is 8.04. The minimum atomic E-state index is 0.263. The Balaban J connectivity index is 2.11. The summed E-state index contributed by atoms with van der Waals surface area (Å²) in [7, 11) is 0. The van der Waals surface area contributed by atoms with Gasteiger partial charge < -0.3 is 15.6 Å². The summed E-state index contributed by atoms with van der Waals surface area (Å²) in [5.41, 5.74) is 10.1. The van der Waals surface area contributed by atoms with Crippen LogP contribution in [-0.4, -0.2) is 18.3 Å². The van der Waals surface area contributed by atoms with Crippen molar-refractivity contribution in [3.05, 3.63) is 78.4 Å². The van der Waals surface area contributed by atoms with Crippen LogP contribution in [0.15, 0.2) is 72.8 Å². The van der Waals surface area contributed by atoms with Gasteiger partial charge in [-0.3, -0.25) is 0 Å². The van der Waals surface area contributed by atoms with Crippen molar-refractivity contribution >= 4 is 0 Å². The summed E-state index contributed by atoms with van der Waals surface area (Å²) in [5.74, 6) is 0.263. The molecule has 0 radical (unpaired) electrons. The van der Waals surface area contributed by atoms with Gasteiger partial charge in [0.2, 0.25) is 0 Å². The fourth-order valence-corrected chi connectivity index (χ4v) is 2.77. The summed E-state index contributed by atoms with van der Waals surface area (Å²) in [4.78, 5) is 0. The maximum atomic E-state index is 10.9. The van der Waals surface area contributed by atoms with Gasteiger partial charge in [-0.05, 0) is 16.7 Å². The second-order valence-corrected chi connectivity index (χ2v) is 5.57. The molecular formula is C21H21NO2. The van der Waals surface area contributed by atoms with Crippen molar-refractivity contribution < 1.29 is 9.84 Å². The van der Waals surface area contributed by atoms with E-state index in [1.165, 1.54) is 0 Å². The second-order valence-electron chi connectivity index (χ2n) is 5.57. The molecule has 0 amide bonds. The Morgan fingerprint density at radius 2 is 1.42 bits per heavy atom. The van der Waals surface area contributed by atoms with Crippen LogP contribution in [0.2, 0.25) is 0 Å². The van der Waals surface area contributed by atoms with E-state index in [0.717, 1.165) is 27.8 Å². The minimum Gasteiger partial charge on any atom is -0.507 e. The molecule has 0 atom stereocenters. The summed E-state index contributed by atoms with van der Waals surface area (Å²) in [6.45, 7) is 1.28. The summed E-state index contributed by atoms with van der Waals surface area (Å²) in [5, 5.41) is 10.9. The van der Waals surface area contributed by atoms with Crippen LogP contribution in [0.5, 0.6) is 5.75 Å². The number of nitrogens with two attached hydrogens (primary N) is 1. The molecule has 0 saturated carbocycles. The largest absolute Gasteiger partial charge is 0.507 e. The molecule has 3 nitrogen and oxygen atoms in total. The molecule has 0 aliphatic rings. The maximum Gasteiger partial charge on any atom is 0.129 e. The van der Waals surface area contributed by atoms with Gasteiger partial charge in [0.1, 0.15) is 5.75 Å². The number of hydrogen-bond donors (Lipinski definition) is 2. The van der Waals surface area contributed by atoms with Gasteiger partial charge in [-0.2, -0.15) is 0 Å². The second kappa shape index (κ2) is 7.77. The van der Waals surface area contributed by atoms with Gasteiger partial charge in [0.05, 0.1) is 13.2 Å². The van der Waals surface area contributed by atoms with Gasteiger partial charge in [-0.1, -0.05) is 72.8 Å². The number of phenolic OH excluding ortho intramolecular Hbond substituents is 1. The highest BCUT2D eigenvalue weighted by Gasteiger charge is 2.15. The van der Waals surface area contributed by atoms with Gasteiger partial charge in [0.25, 0.3) is 0 Å². The van der Waals surface area contributed by atoms with Crippen molar-refractivity contribution in [2.24, 2.45) is 5.73 Å². The molecule has 24 heavy (non-hydrogen) atoms. The van der Waals surface area contributed by atoms with Gasteiger partial charge in [0.15, 0.2) is 0 Å². The molecule has 3 rings (SSSR count). The number of benzene rings is 3. The van der Waals surface area contributed by atoms with Gasteiger partial charge in [0, 0.05) is 17.7 Å². The van der Waals surface area contributed by atoms with Crippen LogP contribution < -0.4 is 5.73 Å². The van der Waals surface area contributed by atoms with E-state index in [1.807, 2.05) is 72.8 Å². The van der Waals surface area contributed by atoms with Crippen molar-refractivity contribution in [1.29, 1.82) is 0 Å². The number of ether oxygens (including phenoxy) is 1. The molecule has 0 aliphatic heterocycles. The van der Waals surface area contributed by atoms with Crippen molar-refractivity contribution in [3.63, 3.8) is 0 Å². The van der Waals surface area contributed by atoms with Crippen LogP contribution in [0.4, 0.5) is 0 Å². The zero-order valence-corrected chi connectivity index (χ0v) is 13.5. The lowest BCUT2D eigenvalue weighted by atomic mass is 9.92. The van der Waals surface area contributed by atoms with Crippen LogP contribution in [0.25, 0.3) is 22.3 Å². The summed E-state index contributed by atoms with van der Waals surface area (Å²) in [6.07, 6.45) is 0. The standard InChI is InChI=1S/C21H21NO2/c22-13-14-24-15-18-11-12-19(16-7-3-1-4-8-16)20(21(18)23)17-9-5-2-6-10-17/h1-12,23H,13-15,22H2. The topological polar surface area (TPSA) is 55.5 Å². The van der Waals surface area contributed by atoms with E-state index in [4.69, 9.17) is 10.5 Å². The molecular weight excluding hydrogens is 298 g/mol. The van der Waals surface area contributed by atoms with Crippen LogP contribution in [0.1, 0.15) is 5.56 Å². The normalized spacial score (nSPS) is 10.7. The molecule has 3 N–H and O–H groups in total. The third-order valence-electron chi connectivity index (χ3n) is 3.93. The summed E-state index contributed by atoms with van der Waals surface area (Å²) in [6, 6.07) is 24.0. The molecule has 3 aromatic rings. The number of hydrogen-bond acceptors (Lipinski definition) is 3. The maximum absolute atomic E-state index is 10.9. The van der Waals surface area contributed by atoms with E-state index < -0.39 is 0 Å². The van der Waals surface area contributed by atoms with E-state index in [2.05, 4.69) is 0 Å². The monoisotopic (exact) mass is 319 g/mol. The average molecular weight is 319 g/mol. The fourth-order valence-electron chi connectivity index (χ4n) is 2.77. The smallest absolute Gasteiger partial charge is 0.129 e. The molecule has 0 heterocycles. The molecule has 0 aromatic heterocycles. The first-order chi connectivity index (χ1) is 11.8. The van der Waals surface area contributed by atoms with E-state index in [9.17, 15) is 5.11 Å². The van der Waals surface area contributed by atoms with Crippen molar-refractivity contribution in [1.82, 2.24) is 0 Å². The third-order valence-corrected chi connectivity index (χ3v) is 3.93. The molecule has 3 aromatic carbocycles. The Hall–Kier alpha value is -2.62. The fraction of sp³-hybridized carbons (Fsp3) is 0.143. The lowest BCUT2D eigenvalue weighted by molar-refractivity contribution is 0.126. The predicted molar refractivity (Wildman–Crippen MR) is 97.7 cm³/mol. The highest BCUT2D eigenvalue weighted by atomic mass is 16.5. The molecule has 0 aliphatic carbocycles. The summed E-state index contributed by atoms with van der Waals surface area (Å²) >= 11 is 0. The quantitative estimate of drug-likeness (QED) is 0.669. The highest BCUT2D eigenvalue weighted by Crippen LogP contribution is 2.40. The Bertz CT molecular complexity index is 786. The minimum absolute atomic E-state index is 0.263. The van der Waals surface area contributed by atoms with Crippen molar-refractivity contribution in [2.45, 2.75) is 6.61 Å². The zero-order chi connectivity index (χ0) is 16.8. The number of aromatic hydroxyl groups is 1. The Labute approximate surface area is 142 Å². The van der Waals surface area contributed by atoms with Gasteiger partial charge >= 0.3 is 0 Å². The Morgan fingerprint density at radius 1 is 0.792 bits per heavy atom. The number of phenols is 1. The average Bonchev–Trinajstić information content (AvgIpc) is 2.64. The van der Waals surface area contributed by atoms with Crippen LogP contribution in [0.3, 0.4) is 0 Å². The molecule has 0 spiro atoms. The lowest BCUT2D eigenvalue weighted by Gasteiger charge is -2.16. The molecule has 122 valence electrons. The van der Waals surface area contributed by atoms with Gasteiger partial charge in [-0.25, -0.2) is 0 Å². The van der Waals surface area contributed by atoms with Crippen molar-refractivity contribution in [3.8, 4) is 28.0 Å². The SMILES string of the molecule is NCCOCc1ccc(-c2ccccc2)c(-c2ccccc2)c1O. The third kappa shape index (κ3) is 3.48. The lowest BCUT2D eigenvalue weighted by Crippen LogP contribution is -2.08. The van der Waals surface area contributed by atoms with Gasteiger partial charge in [-0.15, -0.1) is 0 Å². The molecule has 0 saturated heterocycles. The molecule has 0 bridgehead atoms. The van der Waals surface area contributed by atoms with Crippen LogP contribution in [-0.2, 0) is 11.3 Å². The van der Waals surface area contributed by atoms with E-state index >= 15 is 0 Å². The highest BCUT2D eigenvalue weighted by molar-refractivity contribution is 5.88. The van der Waals surface area contributed by atoms with E-state index in [-0.39, 0.29) is 5.75 Å². The predicted octanol–water partition coefficient (Wildman–Crippen LogP) is 4.20. The summed E-state index contributed by atoms with van der Waals surface area (Å²) < 4.78 is 5.50. The Morgan fingerprint density at radius 3 is 2.04 bits per heavy atom. The molecule has 0 fully saturated rings.